The van der Waals surface area contributed by atoms with Crippen LogP contribution in [-0.4, -0.2) is 45.2 Å². The lowest BCUT2D eigenvalue weighted by atomic mass is 10.2. The van der Waals surface area contributed by atoms with Crippen molar-refractivity contribution in [2.24, 2.45) is 0 Å². The van der Waals surface area contributed by atoms with Gasteiger partial charge in [0.1, 0.15) is 6.04 Å². The summed E-state index contributed by atoms with van der Waals surface area (Å²) >= 11 is 0. The van der Waals surface area contributed by atoms with E-state index >= 15 is 0 Å². The first-order chi connectivity index (χ1) is 5.13. The summed E-state index contributed by atoms with van der Waals surface area (Å²) in [5.74, 6) is -0.990. The van der Waals surface area contributed by atoms with E-state index in [9.17, 15) is 4.79 Å². The van der Waals surface area contributed by atoms with Gasteiger partial charge >= 0.3 is 5.97 Å². The van der Waals surface area contributed by atoms with Crippen LogP contribution >= 0.6 is 0 Å². The summed E-state index contributed by atoms with van der Waals surface area (Å²) in [6.07, 6.45) is -0.444. The van der Waals surface area contributed by atoms with Crippen molar-refractivity contribution >= 4 is 5.97 Å². The molecule has 0 aromatic carbocycles. The van der Waals surface area contributed by atoms with E-state index in [1.807, 2.05) is 0 Å². The number of aliphatic hydroxyl groups excluding tert-OH is 1. The molecule has 0 aromatic rings. The van der Waals surface area contributed by atoms with Gasteiger partial charge in [-0.25, -0.2) is 4.90 Å². The van der Waals surface area contributed by atoms with E-state index in [2.05, 4.69) is 0 Å². The van der Waals surface area contributed by atoms with Crippen molar-refractivity contribution in [3.8, 4) is 0 Å². The fraction of sp³-hybridized carbons (Fsp3) is 0.833. The highest BCUT2D eigenvalue weighted by atomic mass is 16.5. The summed E-state index contributed by atoms with van der Waals surface area (Å²) in [5.41, 5.74) is 0. The Kier molecular flexibility index (Phi) is 2.43. The van der Waals surface area contributed by atoms with Crippen molar-refractivity contribution in [3.05, 3.63) is 0 Å². The summed E-state index contributed by atoms with van der Waals surface area (Å²) in [6.45, 7) is 0.439. The van der Waals surface area contributed by atoms with Crippen LogP contribution < -0.4 is 0 Å². The van der Waals surface area contributed by atoms with Crippen molar-refractivity contribution in [1.29, 1.82) is 0 Å². The maximum absolute atomic E-state index is 10.5. The van der Waals surface area contributed by atoms with Crippen molar-refractivity contribution in [1.82, 2.24) is 4.90 Å². The standard InChI is InChI=1S/C6H11NO4/c8-5(9)4-2-1-3-7(4)6(10)11/h4,6,10-11H,1-3H2,(H,8,9). The molecule has 1 heterocycles. The minimum absolute atomic E-state index is 0.439. The third-order valence-electron chi connectivity index (χ3n) is 1.88. The molecule has 0 aromatic heterocycles. The molecule has 0 aliphatic carbocycles. The van der Waals surface area contributed by atoms with Gasteiger partial charge in [-0.15, -0.1) is 0 Å². The second-order valence-electron chi connectivity index (χ2n) is 2.58. The zero-order valence-electron chi connectivity index (χ0n) is 5.97. The van der Waals surface area contributed by atoms with Gasteiger partial charge in [0.05, 0.1) is 0 Å². The summed E-state index contributed by atoms with van der Waals surface area (Å²) in [5, 5.41) is 25.9. The lowest BCUT2D eigenvalue weighted by Crippen LogP contribution is -2.42. The molecular weight excluding hydrogens is 150 g/mol. The number of carbonyl (C=O) groups is 1. The summed E-state index contributed by atoms with van der Waals surface area (Å²) in [6, 6.07) is -0.727. The molecule has 5 heteroatoms. The molecule has 1 atom stereocenters. The predicted octanol–water partition coefficient (Wildman–Crippen LogP) is -1.20. The highest BCUT2D eigenvalue weighted by Crippen LogP contribution is 2.17. The van der Waals surface area contributed by atoms with E-state index in [1.165, 1.54) is 0 Å². The summed E-state index contributed by atoms with van der Waals surface area (Å²) in [7, 11) is 0. The molecule has 1 aliphatic heterocycles. The highest BCUT2D eigenvalue weighted by Gasteiger charge is 2.33. The SMILES string of the molecule is O=C(O)C1CCCN1C(O)O. The smallest absolute Gasteiger partial charge is 0.321 e. The summed E-state index contributed by atoms with van der Waals surface area (Å²) in [4.78, 5) is 11.6. The van der Waals surface area contributed by atoms with Crippen LogP contribution in [0, 0.1) is 0 Å². The van der Waals surface area contributed by atoms with Crippen LogP contribution in [0.15, 0.2) is 0 Å². The van der Waals surface area contributed by atoms with Gasteiger partial charge in [0.2, 0.25) is 6.41 Å². The lowest BCUT2D eigenvalue weighted by Gasteiger charge is -2.21. The Bertz CT molecular complexity index is 159. The van der Waals surface area contributed by atoms with Crippen LogP contribution in [0.4, 0.5) is 0 Å². The first-order valence-corrected chi connectivity index (χ1v) is 3.47. The van der Waals surface area contributed by atoms with Gasteiger partial charge in [0.25, 0.3) is 0 Å². The molecule has 3 N–H and O–H groups in total. The molecule has 64 valence electrons. The fourth-order valence-corrected chi connectivity index (χ4v) is 1.33. The quantitative estimate of drug-likeness (QED) is 0.443. The van der Waals surface area contributed by atoms with Crippen molar-refractivity contribution in [2.45, 2.75) is 25.3 Å². The van der Waals surface area contributed by atoms with Gasteiger partial charge in [0.15, 0.2) is 0 Å². The molecule has 5 nitrogen and oxygen atoms in total. The van der Waals surface area contributed by atoms with Gasteiger partial charge in [-0.2, -0.15) is 0 Å². The molecular formula is C6H11NO4. The Morgan fingerprint density at radius 2 is 2.18 bits per heavy atom. The Hall–Kier alpha value is -0.650. The molecule has 1 saturated heterocycles. The van der Waals surface area contributed by atoms with E-state index in [1.54, 1.807) is 0 Å². The number of likely N-dealkylation sites (tertiary alicyclic amines) is 1. The number of aliphatic carboxylic acids is 1. The Labute approximate surface area is 63.9 Å². The second kappa shape index (κ2) is 3.17. The first kappa shape index (κ1) is 8.45. The van der Waals surface area contributed by atoms with E-state index < -0.39 is 18.4 Å². The van der Waals surface area contributed by atoms with E-state index in [4.69, 9.17) is 15.3 Å². The predicted molar refractivity (Wildman–Crippen MR) is 35.6 cm³/mol. The molecule has 1 fully saturated rings. The van der Waals surface area contributed by atoms with Gasteiger partial charge in [0, 0.05) is 6.54 Å². The van der Waals surface area contributed by atoms with Crippen LogP contribution in [0.2, 0.25) is 0 Å². The third-order valence-corrected chi connectivity index (χ3v) is 1.88. The monoisotopic (exact) mass is 161 g/mol. The van der Waals surface area contributed by atoms with E-state index in [0.29, 0.717) is 19.4 Å². The topological polar surface area (TPSA) is 81.0 Å². The number of hydrogen-bond acceptors (Lipinski definition) is 4. The number of rotatable bonds is 2. The first-order valence-electron chi connectivity index (χ1n) is 3.47. The minimum Gasteiger partial charge on any atom is -0.480 e. The van der Waals surface area contributed by atoms with Crippen molar-refractivity contribution in [3.63, 3.8) is 0 Å². The van der Waals surface area contributed by atoms with Crippen LogP contribution in [0.25, 0.3) is 0 Å². The van der Waals surface area contributed by atoms with Gasteiger partial charge in [-0.1, -0.05) is 0 Å². The third kappa shape index (κ3) is 1.68. The van der Waals surface area contributed by atoms with E-state index in [-0.39, 0.29) is 0 Å². The van der Waals surface area contributed by atoms with Crippen molar-refractivity contribution < 1.29 is 20.1 Å². The molecule has 0 bridgehead atoms. The van der Waals surface area contributed by atoms with Crippen LogP contribution in [0.1, 0.15) is 12.8 Å². The average molecular weight is 161 g/mol. The molecule has 1 aliphatic rings. The Morgan fingerprint density at radius 3 is 2.55 bits per heavy atom. The molecule has 0 amide bonds. The minimum atomic E-state index is -1.64. The summed E-state index contributed by atoms with van der Waals surface area (Å²) < 4.78 is 0. The number of carboxylic acid groups (broad SMARTS) is 1. The van der Waals surface area contributed by atoms with E-state index in [0.717, 1.165) is 4.90 Å². The normalized spacial score (nSPS) is 26.3. The highest BCUT2D eigenvalue weighted by molar-refractivity contribution is 5.73. The van der Waals surface area contributed by atoms with Crippen LogP contribution in [-0.2, 0) is 4.79 Å². The zero-order valence-corrected chi connectivity index (χ0v) is 5.97. The fourth-order valence-electron chi connectivity index (χ4n) is 1.33. The largest absolute Gasteiger partial charge is 0.480 e. The number of aliphatic hydroxyl groups is 2. The van der Waals surface area contributed by atoms with Gasteiger partial charge in [-0.05, 0) is 12.8 Å². The Balaban J connectivity index is 2.58. The maximum atomic E-state index is 10.5. The molecule has 1 unspecified atom stereocenters. The zero-order chi connectivity index (χ0) is 8.43. The molecule has 0 saturated carbocycles. The number of hydrogen-bond donors (Lipinski definition) is 3. The van der Waals surface area contributed by atoms with Gasteiger partial charge in [-0.3, -0.25) is 4.79 Å². The lowest BCUT2D eigenvalue weighted by molar-refractivity contribution is -0.175. The maximum Gasteiger partial charge on any atom is 0.321 e. The number of nitrogens with zero attached hydrogens (tertiary/aromatic N) is 1. The van der Waals surface area contributed by atoms with Crippen molar-refractivity contribution in [2.75, 3.05) is 6.54 Å². The number of carboxylic acids is 1. The molecule has 0 radical (unpaired) electrons. The van der Waals surface area contributed by atoms with Crippen LogP contribution in [0.5, 0.6) is 0 Å². The average Bonchev–Trinajstić information content (AvgIpc) is 2.32. The van der Waals surface area contributed by atoms with Gasteiger partial charge < -0.3 is 15.3 Å². The molecule has 11 heavy (non-hydrogen) atoms. The second-order valence-corrected chi connectivity index (χ2v) is 2.58. The Morgan fingerprint density at radius 1 is 1.55 bits per heavy atom. The molecule has 0 spiro atoms. The molecule has 1 rings (SSSR count). The van der Waals surface area contributed by atoms with Crippen LogP contribution in [0.3, 0.4) is 0 Å².